The topological polar surface area (TPSA) is 54.1 Å². The van der Waals surface area contributed by atoms with Crippen LogP contribution in [0.1, 0.15) is 55.6 Å². The summed E-state index contributed by atoms with van der Waals surface area (Å²) in [4.78, 5) is 4.72. The van der Waals surface area contributed by atoms with Gasteiger partial charge >= 0.3 is 0 Å². The molecular formula is C67H50N4SSi. The van der Waals surface area contributed by atoms with E-state index < -0.39 is 13.5 Å². The van der Waals surface area contributed by atoms with Gasteiger partial charge in [-0.05, 0) is 202 Å². The summed E-state index contributed by atoms with van der Waals surface area (Å²) in [5.41, 5.74) is 19.8. The molecule has 1 aromatic heterocycles. The van der Waals surface area contributed by atoms with Gasteiger partial charge in [-0.25, -0.2) is 0 Å². The first-order valence-corrected chi connectivity index (χ1v) is 28.8. The lowest BCUT2D eigenvalue weighted by Crippen LogP contribution is -2.63. The number of rotatable bonds is 6. The summed E-state index contributed by atoms with van der Waals surface area (Å²) in [5.74, 6) is 0. The largest absolute Gasteiger partial charge is 0.310 e. The van der Waals surface area contributed by atoms with Crippen LogP contribution in [-0.4, -0.2) is 8.07 Å². The highest BCUT2D eigenvalue weighted by molar-refractivity contribution is 7.26. The van der Waals surface area contributed by atoms with Crippen molar-refractivity contribution in [3.63, 3.8) is 0 Å². The molecule has 1 aliphatic heterocycles. The van der Waals surface area contributed by atoms with Gasteiger partial charge < -0.3 is 9.80 Å². The van der Waals surface area contributed by atoms with E-state index in [9.17, 15) is 10.5 Å². The lowest BCUT2D eigenvalue weighted by Gasteiger charge is -2.46. The summed E-state index contributed by atoms with van der Waals surface area (Å²) in [6.07, 6.45) is 0. The van der Waals surface area contributed by atoms with Gasteiger partial charge in [0.2, 0.25) is 0 Å². The molecule has 0 atom stereocenters. The fraction of sp³-hybridized carbons (Fsp3) is 0.104. The van der Waals surface area contributed by atoms with Gasteiger partial charge in [-0.2, -0.15) is 10.5 Å². The van der Waals surface area contributed by atoms with Gasteiger partial charge in [0.15, 0.2) is 0 Å². The average molecular weight is 971 g/mol. The number of anilines is 6. The minimum atomic E-state index is -2.19. The molecule has 0 radical (unpaired) electrons. The van der Waals surface area contributed by atoms with E-state index in [0.717, 1.165) is 39.5 Å². The molecule has 11 aromatic rings. The molecule has 1 spiro atoms. The quantitative estimate of drug-likeness (QED) is 0.156. The van der Waals surface area contributed by atoms with E-state index in [1.807, 2.05) is 35.6 Å². The van der Waals surface area contributed by atoms with E-state index >= 15 is 0 Å². The molecule has 2 aliphatic rings. The second-order valence-corrected chi connectivity index (χ2v) is 25.9. The van der Waals surface area contributed by atoms with Gasteiger partial charge in [-0.15, -0.1) is 11.3 Å². The summed E-state index contributed by atoms with van der Waals surface area (Å²) in [6.45, 7) is 13.7. The van der Waals surface area contributed by atoms with Crippen molar-refractivity contribution < 1.29 is 0 Å². The van der Waals surface area contributed by atoms with Crippen molar-refractivity contribution in [3.05, 3.63) is 250 Å². The minimum absolute atomic E-state index is 0.621. The van der Waals surface area contributed by atoms with Crippen LogP contribution in [0.25, 0.3) is 42.1 Å². The van der Waals surface area contributed by atoms with Crippen molar-refractivity contribution >= 4 is 94.9 Å². The Bertz CT molecular complexity index is 4160. The third kappa shape index (κ3) is 6.54. The zero-order valence-electron chi connectivity index (χ0n) is 41.7. The molecule has 73 heavy (non-hydrogen) atoms. The van der Waals surface area contributed by atoms with Crippen LogP contribution < -0.4 is 20.2 Å². The van der Waals surface area contributed by atoms with Crippen molar-refractivity contribution in [2.75, 3.05) is 9.80 Å². The highest BCUT2D eigenvalue weighted by Gasteiger charge is 2.54. The molecule has 0 amide bonds. The summed E-state index contributed by atoms with van der Waals surface area (Å²) in [6, 6.07) is 76.3. The summed E-state index contributed by atoms with van der Waals surface area (Å²) >= 11 is 1.87. The minimum Gasteiger partial charge on any atom is -0.310 e. The first-order valence-electron chi connectivity index (χ1n) is 25.0. The number of benzene rings is 10. The second-order valence-electron chi connectivity index (χ2n) is 20.5. The number of aryl methyl sites for hydroxylation is 4. The number of nitriles is 2. The predicted octanol–water partition coefficient (Wildman–Crippen LogP) is 16.6. The summed E-state index contributed by atoms with van der Waals surface area (Å²) in [5, 5.41) is 27.5. The maximum Gasteiger partial charge on any atom is 0.113 e. The Morgan fingerprint density at radius 2 is 0.904 bits per heavy atom. The molecule has 0 saturated heterocycles. The van der Waals surface area contributed by atoms with Crippen molar-refractivity contribution in [1.82, 2.24) is 0 Å². The van der Waals surface area contributed by atoms with Crippen LogP contribution in [0, 0.1) is 50.4 Å². The fourth-order valence-corrected chi connectivity index (χ4v) is 16.7. The Balaban J connectivity index is 1.11. The van der Waals surface area contributed by atoms with E-state index in [1.54, 1.807) is 0 Å². The molecule has 4 nitrogen and oxygen atoms in total. The van der Waals surface area contributed by atoms with Gasteiger partial charge in [0.1, 0.15) is 8.07 Å². The molecule has 2 heterocycles. The van der Waals surface area contributed by atoms with Crippen molar-refractivity contribution in [2.24, 2.45) is 0 Å². The van der Waals surface area contributed by atoms with E-state index in [-0.39, 0.29) is 0 Å². The smallest absolute Gasteiger partial charge is 0.113 e. The maximum atomic E-state index is 9.84. The van der Waals surface area contributed by atoms with Crippen LogP contribution in [-0.2, 0) is 5.41 Å². The summed E-state index contributed by atoms with van der Waals surface area (Å²) < 4.78 is 2.48. The van der Waals surface area contributed by atoms with Gasteiger partial charge in [-0.1, -0.05) is 104 Å². The van der Waals surface area contributed by atoms with Crippen LogP contribution in [0.5, 0.6) is 0 Å². The molecule has 0 N–H and O–H groups in total. The number of hydrogen-bond donors (Lipinski definition) is 0. The van der Waals surface area contributed by atoms with E-state index in [2.05, 4.69) is 233 Å². The number of hydrogen-bond acceptors (Lipinski definition) is 5. The van der Waals surface area contributed by atoms with Crippen LogP contribution in [0.4, 0.5) is 34.1 Å². The maximum absolute atomic E-state index is 9.84. The average Bonchev–Trinajstić information content (AvgIpc) is 3.93. The molecule has 0 fully saturated rings. The van der Waals surface area contributed by atoms with Crippen LogP contribution in [0.3, 0.4) is 0 Å². The molecule has 0 unspecified atom stereocenters. The first-order chi connectivity index (χ1) is 35.5. The van der Waals surface area contributed by atoms with Crippen molar-refractivity contribution in [3.8, 4) is 23.3 Å². The molecule has 348 valence electrons. The van der Waals surface area contributed by atoms with E-state index in [0.29, 0.717) is 11.1 Å². The van der Waals surface area contributed by atoms with E-state index in [4.69, 9.17) is 0 Å². The Morgan fingerprint density at radius 3 is 1.49 bits per heavy atom. The van der Waals surface area contributed by atoms with Crippen molar-refractivity contribution in [2.45, 2.75) is 46.2 Å². The van der Waals surface area contributed by atoms with Crippen LogP contribution in [0.2, 0.25) is 13.1 Å². The molecular weight excluding hydrogens is 921 g/mol. The molecule has 10 aromatic carbocycles. The standard InChI is InChI=1S/C67H50N4SSi/c1-41-19-25-49(33-43(41)3)70(47-27-21-45(39-68)22-28-47)51-31-32-52-55-37-62-56(36-60(55)67(59(52)35-51)57-15-9-11-17-64(57)73(5,6)65-18-12-10-16-58(65)67)66-54-14-8-7-13-53(54)61(38-63(66)72-62)71(48-29-23-46(40-69)24-30-48)50-26-20-42(2)44(4)34-50/h7-38H,1-6H3. The molecule has 13 rings (SSSR count). The first kappa shape index (κ1) is 44.4. The SMILES string of the molecule is Cc1ccc(N(c2ccc(C#N)cc2)c2ccc3c(c2)C2(c4cc5c(cc4-3)sc3cc(N(c4ccc(C#N)cc4)c4ccc(C)c(C)c4)c4ccccc4c35)c3ccccc3[Si](C)(C)c3ccccc32)cc1C. The number of thiophene rings is 1. The van der Waals surface area contributed by atoms with Crippen LogP contribution >= 0.6 is 11.3 Å². The Labute approximate surface area is 431 Å². The van der Waals surface area contributed by atoms with Gasteiger partial charge in [0.05, 0.1) is 34.4 Å². The normalized spacial score (nSPS) is 13.5. The van der Waals surface area contributed by atoms with Gasteiger partial charge in [0, 0.05) is 54.0 Å². The Hall–Kier alpha value is -8.52. The Morgan fingerprint density at radius 1 is 0.411 bits per heavy atom. The van der Waals surface area contributed by atoms with Crippen molar-refractivity contribution in [1.29, 1.82) is 10.5 Å². The second kappa shape index (κ2) is 16.5. The third-order valence-electron chi connectivity index (χ3n) is 16.2. The number of nitrogens with zero attached hydrogens (tertiary/aromatic N) is 4. The third-order valence-corrected chi connectivity index (χ3v) is 20.9. The lowest BCUT2D eigenvalue weighted by atomic mass is 9.67. The highest BCUT2D eigenvalue weighted by Crippen LogP contribution is 2.60. The Kier molecular flexibility index (Phi) is 10.1. The predicted molar refractivity (Wildman–Crippen MR) is 309 cm³/mol. The highest BCUT2D eigenvalue weighted by atomic mass is 32.1. The number of fused-ring (bicyclic) bond motifs is 14. The van der Waals surface area contributed by atoms with Gasteiger partial charge in [-0.3, -0.25) is 0 Å². The van der Waals surface area contributed by atoms with Gasteiger partial charge in [0.25, 0.3) is 0 Å². The summed E-state index contributed by atoms with van der Waals surface area (Å²) in [7, 11) is -2.19. The zero-order valence-corrected chi connectivity index (χ0v) is 43.5. The molecule has 1 aliphatic carbocycles. The molecule has 6 heteroatoms. The molecule has 0 saturated carbocycles. The van der Waals surface area contributed by atoms with E-state index in [1.165, 1.54) is 91.6 Å². The molecule has 0 bridgehead atoms. The zero-order chi connectivity index (χ0) is 49.9. The van der Waals surface area contributed by atoms with Crippen LogP contribution in [0.15, 0.2) is 194 Å². The lowest BCUT2D eigenvalue weighted by molar-refractivity contribution is 0.774. The monoisotopic (exact) mass is 970 g/mol. The fourth-order valence-electron chi connectivity index (χ4n) is 12.3.